The molecular weight excluding hydrogens is 244 g/mol. The van der Waals surface area contributed by atoms with E-state index in [-0.39, 0.29) is 6.61 Å². The van der Waals surface area contributed by atoms with Gasteiger partial charge in [-0.1, -0.05) is 15.9 Å². The third-order valence-corrected chi connectivity index (χ3v) is 2.75. The van der Waals surface area contributed by atoms with Crippen molar-refractivity contribution in [2.75, 3.05) is 6.61 Å². The van der Waals surface area contributed by atoms with E-state index in [0.717, 1.165) is 21.2 Å². The van der Waals surface area contributed by atoms with Crippen molar-refractivity contribution in [2.45, 2.75) is 26.4 Å². The molecule has 0 aliphatic rings. The van der Waals surface area contributed by atoms with Crippen LogP contribution in [0.3, 0.4) is 0 Å². The quantitative estimate of drug-likeness (QED) is 0.875. The highest BCUT2D eigenvalue weighted by atomic mass is 79.9. The maximum absolute atomic E-state index is 9.80. The number of aliphatic hydroxyl groups excluding tert-OH is 2. The molecule has 0 saturated heterocycles. The third-order valence-electron chi connectivity index (χ3n) is 2.29. The molecule has 1 unspecified atom stereocenters. The van der Waals surface area contributed by atoms with E-state index < -0.39 is 6.10 Å². The molecule has 0 amide bonds. The number of hydrogen-bond donors (Lipinski definition) is 2. The van der Waals surface area contributed by atoms with E-state index in [4.69, 9.17) is 5.11 Å². The molecule has 0 fully saturated rings. The van der Waals surface area contributed by atoms with E-state index >= 15 is 0 Å². The van der Waals surface area contributed by atoms with Gasteiger partial charge in [0, 0.05) is 17.5 Å². The van der Waals surface area contributed by atoms with Crippen molar-refractivity contribution in [3.8, 4) is 0 Å². The molecule has 1 rings (SSSR count). The summed E-state index contributed by atoms with van der Waals surface area (Å²) in [5, 5.41) is 18.6. The lowest BCUT2D eigenvalue weighted by Crippen LogP contribution is -2.04. The summed E-state index contributed by atoms with van der Waals surface area (Å²) in [7, 11) is 0. The van der Waals surface area contributed by atoms with Gasteiger partial charge in [-0.3, -0.25) is 0 Å². The zero-order valence-electron chi connectivity index (χ0n) is 8.42. The van der Waals surface area contributed by atoms with Gasteiger partial charge in [0.25, 0.3) is 0 Å². The van der Waals surface area contributed by atoms with Crippen LogP contribution < -0.4 is 0 Å². The Labute approximate surface area is 92.7 Å². The minimum atomic E-state index is -0.562. The van der Waals surface area contributed by atoms with Gasteiger partial charge in [0.15, 0.2) is 0 Å². The highest BCUT2D eigenvalue weighted by Gasteiger charge is 2.13. The van der Waals surface area contributed by atoms with Crippen molar-refractivity contribution in [1.29, 1.82) is 0 Å². The van der Waals surface area contributed by atoms with E-state index in [0.29, 0.717) is 6.42 Å². The maximum atomic E-state index is 9.80. The van der Waals surface area contributed by atoms with E-state index in [1.807, 2.05) is 26.0 Å². The fourth-order valence-electron chi connectivity index (χ4n) is 1.71. The number of halogens is 1. The summed E-state index contributed by atoms with van der Waals surface area (Å²) in [5.74, 6) is 0. The van der Waals surface area contributed by atoms with Gasteiger partial charge in [0.05, 0.1) is 6.10 Å². The molecule has 1 aromatic rings. The van der Waals surface area contributed by atoms with Crippen LogP contribution >= 0.6 is 15.9 Å². The topological polar surface area (TPSA) is 40.5 Å². The standard InChI is InChI=1S/C11H15BrO2/c1-7-5-9(12)6-8(2)11(7)10(14)3-4-13/h5-6,10,13-14H,3-4H2,1-2H3. The zero-order chi connectivity index (χ0) is 10.7. The van der Waals surface area contributed by atoms with Gasteiger partial charge in [-0.05, 0) is 42.7 Å². The van der Waals surface area contributed by atoms with E-state index in [1.165, 1.54) is 0 Å². The van der Waals surface area contributed by atoms with Gasteiger partial charge in [-0.2, -0.15) is 0 Å². The van der Waals surface area contributed by atoms with Crippen LogP contribution in [0.1, 0.15) is 29.2 Å². The van der Waals surface area contributed by atoms with Crippen molar-refractivity contribution in [3.63, 3.8) is 0 Å². The van der Waals surface area contributed by atoms with Gasteiger partial charge in [-0.15, -0.1) is 0 Å². The van der Waals surface area contributed by atoms with Crippen LogP contribution in [0.15, 0.2) is 16.6 Å². The number of rotatable bonds is 3. The van der Waals surface area contributed by atoms with Crippen LogP contribution in [-0.4, -0.2) is 16.8 Å². The highest BCUT2D eigenvalue weighted by molar-refractivity contribution is 9.10. The number of benzene rings is 1. The summed E-state index contributed by atoms with van der Waals surface area (Å²) >= 11 is 3.40. The fourth-order valence-corrected chi connectivity index (χ4v) is 2.40. The first-order valence-electron chi connectivity index (χ1n) is 4.62. The molecule has 0 bridgehead atoms. The summed E-state index contributed by atoms with van der Waals surface area (Å²) < 4.78 is 1.02. The maximum Gasteiger partial charge on any atom is 0.0817 e. The lowest BCUT2D eigenvalue weighted by molar-refractivity contribution is 0.133. The Morgan fingerprint density at radius 1 is 1.29 bits per heavy atom. The minimum absolute atomic E-state index is 0.0100. The van der Waals surface area contributed by atoms with Gasteiger partial charge < -0.3 is 10.2 Å². The molecule has 1 atom stereocenters. The van der Waals surface area contributed by atoms with Gasteiger partial charge in [0.1, 0.15) is 0 Å². The molecule has 1 aromatic carbocycles. The molecule has 3 heteroatoms. The van der Waals surface area contributed by atoms with Gasteiger partial charge in [-0.25, -0.2) is 0 Å². The van der Waals surface area contributed by atoms with Crippen LogP contribution in [0.25, 0.3) is 0 Å². The lowest BCUT2D eigenvalue weighted by atomic mass is 9.96. The Balaban J connectivity index is 3.07. The molecule has 2 nitrogen and oxygen atoms in total. The molecule has 78 valence electrons. The predicted molar refractivity (Wildman–Crippen MR) is 60.3 cm³/mol. The molecule has 2 N–H and O–H groups in total. The average molecular weight is 259 g/mol. The van der Waals surface area contributed by atoms with Crippen molar-refractivity contribution in [3.05, 3.63) is 33.3 Å². The summed E-state index contributed by atoms with van der Waals surface area (Å²) in [6, 6.07) is 3.95. The smallest absolute Gasteiger partial charge is 0.0817 e. The molecule has 0 radical (unpaired) electrons. The monoisotopic (exact) mass is 258 g/mol. The first-order chi connectivity index (χ1) is 6.56. The Morgan fingerprint density at radius 3 is 2.21 bits per heavy atom. The Kier molecular flexibility index (Phi) is 4.11. The molecule has 14 heavy (non-hydrogen) atoms. The Hall–Kier alpha value is -0.380. The Bertz CT molecular complexity index is 300. The number of aliphatic hydroxyl groups is 2. The first kappa shape index (κ1) is 11.7. The van der Waals surface area contributed by atoms with Crippen molar-refractivity contribution in [2.24, 2.45) is 0 Å². The highest BCUT2D eigenvalue weighted by Crippen LogP contribution is 2.27. The third kappa shape index (κ3) is 2.56. The molecule has 0 saturated carbocycles. The fraction of sp³-hybridized carbons (Fsp3) is 0.455. The number of hydrogen-bond acceptors (Lipinski definition) is 2. The molecule has 0 aliphatic heterocycles. The van der Waals surface area contributed by atoms with E-state index in [1.54, 1.807) is 0 Å². The van der Waals surface area contributed by atoms with Crippen LogP contribution in [0.4, 0.5) is 0 Å². The molecule has 0 aliphatic carbocycles. The second kappa shape index (κ2) is 4.91. The molecule has 0 spiro atoms. The largest absolute Gasteiger partial charge is 0.396 e. The predicted octanol–water partition coefficient (Wildman–Crippen LogP) is 2.48. The molecular formula is C11H15BrO2. The summed E-state index contributed by atoms with van der Waals surface area (Å²) in [4.78, 5) is 0. The van der Waals surface area contributed by atoms with Crippen molar-refractivity contribution < 1.29 is 10.2 Å². The van der Waals surface area contributed by atoms with Crippen molar-refractivity contribution in [1.82, 2.24) is 0 Å². The average Bonchev–Trinajstić information content (AvgIpc) is 2.01. The summed E-state index contributed by atoms with van der Waals surface area (Å²) in [5.41, 5.74) is 3.04. The molecule has 0 aromatic heterocycles. The van der Waals surface area contributed by atoms with Crippen LogP contribution in [-0.2, 0) is 0 Å². The Morgan fingerprint density at radius 2 is 1.79 bits per heavy atom. The number of aryl methyl sites for hydroxylation is 2. The van der Waals surface area contributed by atoms with Crippen LogP contribution in [0, 0.1) is 13.8 Å². The lowest BCUT2D eigenvalue weighted by Gasteiger charge is -2.16. The van der Waals surface area contributed by atoms with Crippen LogP contribution in [0.2, 0.25) is 0 Å². The summed E-state index contributed by atoms with van der Waals surface area (Å²) in [6.45, 7) is 3.94. The van der Waals surface area contributed by atoms with Gasteiger partial charge in [0.2, 0.25) is 0 Å². The SMILES string of the molecule is Cc1cc(Br)cc(C)c1C(O)CCO. The van der Waals surface area contributed by atoms with Crippen molar-refractivity contribution >= 4 is 15.9 Å². The molecule has 0 heterocycles. The zero-order valence-corrected chi connectivity index (χ0v) is 10.0. The van der Waals surface area contributed by atoms with E-state index in [9.17, 15) is 5.11 Å². The second-order valence-electron chi connectivity index (χ2n) is 3.48. The minimum Gasteiger partial charge on any atom is -0.396 e. The van der Waals surface area contributed by atoms with E-state index in [2.05, 4.69) is 15.9 Å². The summed E-state index contributed by atoms with van der Waals surface area (Å²) in [6.07, 6.45) is -0.170. The normalized spacial score (nSPS) is 12.9. The second-order valence-corrected chi connectivity index (χ2v) is 4.40. The first-order valence-corrected chi connectivity index (χ1v) is 5.41. The van der Waals surface area contributed by atoms with Crippen LogP contribution in [0.5, 0.6) is 0 Å². The van der Waals surface area contributed by atoms with Gasteiger partial charge >= 0.3 is 0 Å².